The highest BCUT2D eigenvalue weighted by molar-refractivity contribution is 7.58. The van der Waals surface area contributed by atoms with E-state index in [9.17, 15) is 4.57 Å². The van der Waals surface area contributed by atoms with Crippen LogP contribution in [0.1, 0.15) is 33.1 Å². The average Bonchev–Trinajstić information content (AvgIpc) is 2.46. The summed E-state index contributed by atoms with van der Waals surface area (Å²) in [6.07, 6.45) is 5.10. The van der Waals surface area contributed by atoms with E-state index in [0.717, 1.165) is 25.8 Å². The zero-order chi connectivity index (χ0) is 11.1. The van der Waals surface area contributed by atoms with Crippen molar-refractivity contribution < 1.29 is 13.6 Å². The molecule has 1 rings (SSSR count). The van der Waals surface area contributed by atoms with E-state index in [4.69, 9.17) is 9.05 Å². The lowest BCUT2D eigenvalue weighted by molar-refractivity contribution is 0.224. The van der Waals surface area contributed by atoms with Crippen molar-refractivity contribution in [2.45, 2.75) is 33.1 Å². The molecule has 4 nitrogen and oxygen atoms in total. The monoisotopic (exact) mass is 233 g/mol. The molecule has 0 aliphatic carbocycles. The maximum absolute atomic E-state index is 12.3. The lowest BCUT2D eigenvalue weighted by atomic mass is 10.2. The van der Waals surface area contributed by atoms with Crippen LogP contribution in [0.2, 0.25) is 0 Å². The summed E-state index contributed by atoms with van der Waals surface area (Å²) in [5.74, 6) is 0. The molecule has 0 aromatic rings. The maximum atomic E-state index is 12.3. The molecule has 1 N–H and O–H groups in total. The van der Waals surface area contributed by atoms with Gasteiger partial charge in [0, 0.05) is 6.54 Å². The maximum Gasteiger partial charge on any atom is 0.376 e. The van der Waals surface area contributed by atoms with Crippen LogP contribution in [0.3, 0.4) is 0 Å². The topological polar surface area (TPSA) is 47.6 Å². The molecule has 1 aliphatic heterocycles. The van der Waals surface area contributed by atoms with Crippen LogP contribution in [0.15, 0.2) is 11.5 Å². The first-order valence-electron chi connectivity index (χ1n) is 5.56. The number of nitrogens with one attached hydrogen (secondary N) is 1. The average molecular weight is 233 g/mol. The van der Waals surface area contributed by atoms with Crippen LogP contribution >= 0.6 is 7.60 Å². The van der Waals surface area contributed by atoms with Crippen molar-refractivity contribution in [2.75, 3.05) is 19.8 Å². The number of rotatable bonds is 5. The molecular weight excluding hydrogens is 213 g/mol. The molecule has 0 fully saturated rings. The smallest absolute Gasteiger partial charge is 0.376 e. The van der Waals surface area contributed by atoms with Gasteiger partial charge in [-0.3, -0.25) is 4.57 Å². The lowest BCUT2D eigenvalue weighted by Crippen LogP contribution is -2.15. The predicted molar refractivity (Wildman–Crippen MR) is 60.8 cm³/mol. The van der Waals surface area contributed by atoms with Gasteiger partial charge in [-0.15, -0.1) is 0 Å². The molecule has 0 spiro atoms. The molecule has 0 radical (unpaired) electrons. The van der Waals surface area contributed by atoms with Gasteiger partial charge in [0.2, 0.25) is 0 Å². The van der Waals surface area contributed by atoms with E-state index >= 15 is 0 Å². The number of hydrogen-bond acceptors (Lipinski definition) is 4. The lowest BCUT2D eigenvalue weighted by Gasteiger charge is -2.20. The van der Waals surface area contributed by atoms with Gasteiger partial charge in [0.05, 0.1) is 13.2 Å². The Labute approximate surface area is 91.6 Å². The van der Waals surface area contributed by atoms with Gasteiger partial charge in [-0.1, -0.05) is 6.08 Å². The number of allylic oxidation sites excluding steroid dienone is 1. The molecule has 1 aliphatic rings. The Balaban J connectivity index is 2.76. The largest absolute Gasteiger partial charge is 0.379 e. The molecular formula is C10H20NO3P. The summed E-state index contributed by atoms with van der Waals surface area (Å²) in [7, 11) is -3.07. The van der Waals surface area contributed by atoms with Gasteiger partial charge in [0.25, 0.3) is 0 Å². The molecule has 0 aromatic carbocycles. The summed E-state index contributed by atoms with van der Waals surface area (Å²) in [5.41, 5.74) is 0.642. The van der Waals surface area contributed by atoms with E-state index in [1.165, 1.54) is 0 Å². The van der Waals surface area contributed by atoms with Crippen LogP contribution in [-0.4, -0.2) is 19.8 Å². The Bertz CT molecular complexity index is 255. The summed E-state index contributed by atoms with van der Waals surface area (Å²) < 4.78 is 22.9. The third kappa shape index (κ3) is 3.63. The fraction of sp³-hybridized carbons (Fsp3) is 0.800. The minimum Gasteiger partial charge on any atom is -0.379 e. The van der Waals surface area contributed by atoms with E-state index in [-0.39, 0.29) is 0 Å². The van der Waals surface area contributed by atoms with Crippen molar-refractivity contribution in [1.82, 2.24) is 5.32 Å². The van der Waals surface area contributed by atoms with Crippen molar-refractivity contribution >= 4 is 7.60 Å². The quantitative estimate of drug-likeness (QED) is 0.742. The first-order chi connectivity index (χ1) is 7.23. The van der Waals surface area contributed by atoms with E-state index in [1.807, 2.05) is 19.9 Å². The van der Waals surface area contributed by atoms with Crippen LogP contribution in [-0.2, 0) is 13.6 Å². The third-order valence-electron chi connectivity index (χ3n) is 2.17. The summed E-state index contributed by atoms with van der Waals surface area (Å²) in [4.78, 5) is 0. The second-order valence-corrected chi connectivity index (χ2v) is 5.34. The van der Waals surface area contributed by atoms with Crippen molar-refractivity contribution in [3.8, 4) is 0 Å². The van der Waals surface area contributed by atoms with Gasteiger partial charge in [-0.25, -0.2) is 0 Å². The van der Waals surface area contributed by atoms with Gasteiger partial charge in [0.1, 0.15) is 5.44 Å². The van der Waals surface area contributed by atoms with E-state index in [2.05, 4.69) is 5.32 Å². The van der Waals surface area contributed by atoms with Crippen LogP contribution < -0.4 is 5.32 Å². The van der Waals surface area contributed by atoms with Crippen molar-refractivity contribution in [2.24, 2.45) is 0 Å². The van der Waals surface area contributed by atoms with Crippen molar-refractivity contribution in [3.63, 3.8) is 0 Å². The highest BCUT2D eigenvalue weighted by Gasteiger charge is 2.29. The molecule has 0 aromatic heterocycles. The first-order valence-corrected chi connectivity index (χ1v) is 7.11. The molecule has 0 amide bonds. The minimum absolute atomic E-state index is 0.399. The van der Waals surface area contributed by atoms with Gasteiger partial charge >= 0.3 is 7.60 Å². The van der Waals surface area contributed by atoms with Gasteiger partial charge in [-0.05, 0) is 33.1 Å². The third-order valence-corrected chi connectivity index (χ3v) is 4.29. The summed E-state index contributed by atoms with van der Waals surface area (Å²) in [5, 5.41) is 3.14. The highest BCUT2D eigenvalue weighted by atomic mass is 31.2. The van der Waals surface area contributed by atoms with E-state index in [1.54, 1.807) is 0 Å². The molecule has 0 saturated carbocycles. The summed E-state index contributed by atoms with van der Waals surface area (Å²) in [6.45, 7) is 5.29. The van der Waals surface area contributed by atoms with Gasteiger partial charge in [-0.2, -0.15) is 0 Å². The Kier molecular flexibility index (Phi) is 5.37. The second kappa shape index (κ2) is 6.31. The molecule has 0 saturated heterocycles. The van der Waals surface area contributed by atoms with Crippen molar-refractivity contribution in [1.29, 1.82) is 0 Å². The standard InChI is InChI=1S/C10H20NO3P/c1-3-13-15(12,14-4-2)10-8-6-5-7-9-11-10/h8,11H,3-7,9H2,1-2H3. The van der Waals surface area contributed by atoms with Crippen LogP contribution in [0.25, 0.3) is 0 Å². The number of hydrogen-bond donors (Lipinski definition) is 1. The highest BCUT2D eigenvalue weighted by Crippen LogP contribution is 2.55. The molecule has 0 unspecified atom stereocenters. The second-order valence-electron chi connectivity index (χ2n) is 3.34. The van der Waals surface area contributed by atoms with Crippen molar-refractivity contribution in [3.05, 3.63) is 11.5 Å². The molecule has 5 heteroatoms. The van der Waals surface area contributed by atoms with Gasteiger partial charge < -0.3 is 14.4 Å². The zero-order valence-electron chi connectivity index (χ0n) is 9.49. The summed E-state index contributed by atoms with van der Waals surface area (Å²) in [6, 6.07) is 0. The molecule has 0 atom stereocenters. The molecule has 15 heavy (non-hydrogen) atoms. The first kappa shape index (κ1) is 12.8. The summed E-state index contributed by atoms with van der Waals surface area (Å²) >= 11 is 0. The zero-order valence-corrected chi connectivity index (χ0v) is 10.4. The fourth-order valence-corrected chi connectivity index (χ4v) is 3.21. The van der Waals surface area contributed by atoms with Crippen LogP contribution in [0.5, 0.6) is 0 Å². The Morgan fingerprint density at radius 3 is 2.60 bits per heavy atom. The molecule has 0 bridgehead atoms. The normalized spacial score (nSPS) is 17.9. The van der Waals surface area contributed by atoms with Crippen LogP contribution in [0, 0.1) is 0 Å². The Morgan fingerprint density at radius 2 is 2.00 bits per heavy atom. The molecule has 88 valence electrons. The predicted octanol–water partition coefficient (Wildman–Crippen LogP) is 2.87. The van der Waals surface area contributed by atoms with E-state index < -0.39 is 7.60 Å². The van der Waals surface area contributed by atoms with E-state index in [0.29, 0.717) is 18.7 Å². The molecule has 1 heterocycles. The Hall–Kier alpha value is -0.310. The van der Waals surface area contributed by atoms with Crippen LogP contribution in [0.4, 0.5) is 0 Å². The SMILES string of the molecule is CCOP(=O)(OCC)C1=CCCCCN1. The fourth-order valence-electron chi connectivity index (χ4n) is 1.52. The Morgan fingerprint density at radius 1 is 1.33 bits per heavy atom. The minimum atomic E-state index is -3.07. The van der Waals surface area contributed by atoms with Gasteiger partial charge in [0.15, 0.2) is 0 Å².